The quantitative estimate of drug-likeness (QED) is 0.627. The first-order valence-corrected chi connectivity index (χ1v) is 10.2. The maximum absolute atomic E-state index is 12.9. The lowest BCUT2D eigenvalue weighted by atomic mass is 10.00. The summed E-state index contributed by atoms with van der Waals surface area (Å²) in [5, 5.41) is 1.01. The van der Waals surface area contributed by atoms with Crippen LogP contribution >= 0.6 is 22.7 Å². The van der Waals surface area contributed by atoms with Crippen molar-refractivity contribution in [3.05, 3.63) is 41.3 Å². The minimum Gasteiger partial charge on any atom is -0.335 e. The first-order valence-electron chi connectivity index (χ1n) is 8.53. The average Bonchev–Trinajstić information content (AvgIpc) is 3.27. The monoisotopic (exact) mass is 356 g/mol. The van der Waals surface area contributed by atoms with E-state index in [0.29, 0.717) is 6.04 Å². The van der Waals surface area contributed by atoms with Crippen molar-refractivity contribution < 1.29 is 4.79 Å². The molecule has 124 valence electrons. The van der Waals surface area contributed by atoms with Gasteiger partial charge in [0, 0.05) is 12.6 Å². The van der Waals surface area contributed by atoms with Crippen LogP contribution < -0.4 is 0 Å². The summed E-state index contributed by atoms with van der Waals surface area (Å²) in [6.45, 7) is 3.07. The van der Waals surface area contributed by atoms with Crippen LogP contribution in [0.1, 0.15) is 42.3 Å². The molecule has 5 heteroatoms. The topological polar surface area (TPSA) is 33.2 Å². The van der Waals surface area contributed by atoms with E-state index in [1.807, 2.05) is 30.3 Å². The van der Waals surface area contributed by atoms with E-state index < -0.39 is 0 Å². The first kappa shape index (κ1) is 15.8. The van der Waals surface area contributed by atoms with Crippen LogP contribution in [0.15, 0.2) is 36.4 Å². The zero-order valence-corrected chi connectivity index (χ0v) is 15.3. The molecule has 0 N–H and O–H groups in total. The number of para-hydroxylation sites is 1. The Morgan fingerprint density at radius 1 is 1.21 bits per heavy atom. The number of carbonyl (C=O) groups is 1. The van der Waals surface area contributed by atoms with Crippen LogP contribution in [0.2, 0.25) is 0 Å². The molecule has 1 aliphatic rings. The summed E-state index contributed by atoms with van der Waals surface area (Å²) in [5.74, 6) is 0.193. The second-order valence-corrected chi connectivity index (χ2v) is 8.32. The summed E-state index contributed by atoms with van der Waals surface area (Å²) >= 11 is 3.26. The van der Waals surface area contributed by atoms with E-state index in [1.165, 1.54) is 11.1 Å². The molecule has 2 aromatic heterocycles. The smallest absolute Gasteiger partial charge is 0.264 e. The predicted molar refractivity (Wildman–Crippen MR) is 102 cm³/mol. The Bertz CT molecular complexity index is 834. The average molecular weight is 357 g/mol. The van der Waals surface area contributed by atoms with Crippen LogP contribution in [0.5, 0.6) is 0 Å². The van der Waals surface area contributed by atoms with E-state index in [0.717, 1.165) is 46.1 Å². The van der Waals surface area contributed by atoms with E-state index in [1.54, 1.807) is 22.7 Å². The lowest BCUT2D eigenvalue weighted by Crippen LogP contribution is -2.43. The third-order valence-electron chi connectivity index (χ3n) is 4.68. The molecule has 24 heavy (non-hydrogen) atoms. The molecule has 1 fully saturated rings. The van der Waals surface area contributed by atoms with Gasteiger partial charge in [-0.2, -0.15) is 0 Å². The summed E-state index contributed by atoms with van der Waals surface area (Å²) < 4.78 is 1.19. The van der Waals surface area contributed by atoms with Crippen molar-refractivity contribution in [1.29, 1.82) is 0 Å². The fraction of sp³-hybridized carbons (Fsp3) is 0.368. The highest BCUT2D eigenvalue weighted by Gasteiger charge is 2.27. The van der Waals surface area contributed by atoms with Gasteiger partial charge < -0.3 is 4.90 Å². The van der Waals surface area contributed by atoms with Crippen molar-refractivity contribution in [2.24, 2.45) is 0 Å². The Kier molecular flexibility index (Phi) is 4.37. The highest BCUT2D eigenvalue weighted by molar-refractivity contribution is 7.26. The van der Waals surface area contributed by atoms with E-state index in [-0.39, 0.29) is 5.91 Å². The van der Waals surface area contributed by atoms with Crippen LogP contribution in [-0.2, 0) is 0 Å². The number of carbonyl (C=O) groups excluding carboxylic acids is 1. The molecular weight excluding hydrogens is 336 g/mol. The Hall–Kier alpha value is -1.72. The fourth-order valence-electron chi connectivity index (χ4n) is 3.38. The van der Waals surface area contributed by atoms with Crippen LogP contribution in [-0.4, -0.2) is 28.4 Å². The molecule has 3 heterocycles. The number of hydrogen-bond acceptors (Lipinski definition) is 4. The van der Waals surface area contributed by atoms with Crippen LogP contribution in [0, 0.1) is 0 Å². The molecule has 1 aliphatic heterocycles. The molecule has 1 saturated heterocycles. The maximum Gasteiger partial charge on any atom is 0.264 e. The summed E-state index contributed by atoms with van der Waals surface area (Å²) in [6.07, 6.45) is 4.54. The SMILES string of the molecule is CCC1CCCCN1C(=O)c1ccc(-c2nc3ccccc3s2)s1. The van der Waals surface area contributed by atoms with Crippen molar-refractivity contribution in [1.82, 2.24) is 9.88 Å². The molecule has 3 nitrogen and oxygen atoms in total. The number of benzene rings is 1. The van der Waals surface area contributed by atoms with Gasteiger partial charge in [-0.25, -0.2) is 4.98 Å². The standard InChI is InChI=1S/C19H20N2OS2/c1-2-13-7-5-6-12-21(13)19(22)17-11-10-16(23-17)18-20-14-8-3-4-9-15(14)24-18/h3-4,8-11,13H,2,5-7,12H2,1H3. The summed E-state index contributed by atoms with van der Waals surface area (Å²) in [4.78, 5) is 21.6. The lowest BCUT2D eigenvalue weighted by Gasteiger charge is -2.35. The van der Waals surface area contributed by atoms with Gasteiger partial charge in [0.15, 0.2) is 0 Å². The van der Waals surface area contributed by atoms with Gasteiger partial charge in [0.1, 0.15) is 5.01 Å². The van der Waals surface area contributed by atoms with Gasteiger partial charge in [-0.1, -0.05) is 19.1 Å². The van der Waals surface area contributed by atoms with Gasteiger partial charge in [0.2, 0.25) is 0 Å². The Labute approximate surface area is 150 Å². The predicted octanol–water partition coefficient (Wildman–Crippen LogP) is 5.43. The number of fused-ring (bicyclic) bond motifs is 1. The third kappa shape index (κ3) is 2.87. The van der Waals surface area contributed by atoms with Gasteiger partial charge in [-0.05, 0) is 49.9 Å². The van der Waals surface area contributed by atoms with E-state index in [9.17, 15) is 4.79 Å². The Balaban J connectivity index is 1.61. The van der Waals surface area contributed by atoms with E-state index in [2.05, 4.69) is 17.9 Å². The van der Waals surface area contributed by atoms with E-state index in [4.69, 9.17) is 4.98 Å². The Morgan fingerprint density at radius 2 is 2.08 bits per heavy atom. The molecular formula is C19H20N2OS2. The minimum absolute atomic E-state index is 0.193. The molecule has 3 aromatic rings. The number of thiazole rings is 1. The zero-order chi connectivity index (χ0) is 16.5. The highest BCUT2D eigenvalue weighted by atomic mass is 32.1. The summed E-state index contributed by atoms with van der Waals surface area (Å²) in [6, 6.07) is 12.6. The number of rotatable bonds is 3. The highest BCUT2D eigenvalue weighted by Crippen LogP contribution is 2.35. The normalized spacial score (nSPS) is 18.2. The largest absolute Gasteiger partial charge is 0.335 e. The number of likely N-dealkylation sites (tertiary alicyclic amines) is 1. The third-order valence-corrected chi connectivity index (χ3v) is 6.96. The molecule has 0 saturated carbocycles. The number of hydrogen-bond donors (Lipinski definition) is 0. The van der Waals surface area contributed by atoms with Crippen molar-refractivity contribution in [2.45, 2.75) is 38.6 Å². The number of piperidine rings is 1. The molecule has 1 atom stereocenters. The van der Waals surface area contributed by atoms with Crippen LogP contribution in [0.25, 0.3) is 20.1 Å². The number of thiophene rings is 1. The molecule has 0 bridgehead atoms. The van der Waals surface area contributed by atoms with Crippen molar-refractivity contribution in [2.75, 3.05) is 6.54 Å². The van der Waals surface area contributed by atoms with Gasteiger partial charge in [-0.3, -0.25) is 4.79 Å². The zero-order valence-electron chi connectivity index (χ0n) is 13.7. The molecule has 0 radical (unpaired) electrons. The molecule has 0 aliphatic carbocycles. The molecule has 1 aromatic carbocycles. The molecule has 1 unspecified atom stereocenters. The second-order valence-electron chi connectivity index (χ2n) is 6.21. The summed E-state index contributed by atoms with van der Waals surface area (Å²) in [7, 11) is 0. The number of aromatic nitrogens is 1. The molecule has 4 rings (SSSR count). The van der Waals surface area contributed by atoms with E-state index >= 15 is 0 Å². The fourth-order valence-corrected chi connectivity index (χ4v) is 5.36. The molecule has 1 amide bonds. The van der Waals surface area contributed by atoms with Gasteiger partial charge in [0.05, 0.1) is 20.0 Å². The Morgan fingerprint density at radius 3 is 2.92 bits per heavy atom. The van der Waals surface area contributed by atoms with Gasteiger partial charge in [-0.15, -0.1) is 22.7 Å². The first-order chi connectivity index (χ1) is 11.8. The second kappa shape index (κ2) is 6.65. The van der Waals surface area contributed by atoms with Gasteiger partial charge in [0.25, 0.3) is 5.91 Å². The van der Waals surface area contributed by atoms with Crippen molar-refractivity contribution in [3.8, 4) is 9.88 Å². The maximum atomic E-state index is 12.9. The van der Waals surface area contributed by atoms with Crippen LogP contribution in [0.4, 0.5) is 0 Å². The summed E-state index contributed by atoms with van der Waals surface area (Å²) in [5.41, 5.74) is 1.03. The lowest BCUT2D eigenvalue weighted by molar-refractivity contribution is 0.0613. The van der Waals surface area contributed by atoms with Gasteiger partial charge >= 0.3 is 0 Å². The minimum atomic E-state index is 0.193. The number of nitrogens with zero attached hydrogens (tertiary/aromatic N) is 2. The van der Waals surface area contributed by atoms with Crippen molar-refractivity contribution >= 4 is 38.8 Å². The van der Waals surface area contributed by atoms with Crippen molar-refractivity contribution in [3.63, 3.8) is 0 Å². The number of amides is 1. The van der Waals surface area contributed by atoms with Crippen LogP contribution in [0.3, 0.4) is 0 Å². The molecule has 0 spiro atoms.